The minimum Gasteiger partial charge on any atom is -0.267 e. The monoisotopic (exact) mass is 380 g/mol. The summed E-state index contributed by atoms with van der Waals surface area (Å²) >= 11 is 12.1. The second-order valence-corrected chi connectivity index (χ2v) is 5.15. The Morgan fingerprint density at radius 3 is 2.65 bits per heavy atom. The predicted octanol–water partition coefficient (Wildman–Crippen LogP) is 3.75. The van der Waals surface area contributed by atoms with E-state index in [1.54, 1.807) is 0 Å². The minimum absolute atomic E-state index is 0.00137. The molecule has 0 atom stereocenters. The molecule has 2 aromatic rings. The summed E-state index contributed by atoms with van der Waals surface area (Å²) in [6.07, 6.45) is 0. The fraction of sp³-hybridized carbons (Fsp3) is 0. The molecule has 7 heteroatoms. The fourth-order valence-electron chi connectivity index (χ4n) is 1.24. The highest BCUT2D eigenvalue weighted by atomic mass is 79.9. The largest absolute Gasteiger partial charge is 0.279 e. The van der Waals surface area contributed by atoms with Crippen molar-refractivity contribution >= 4 is 43.5 Å². The molecule has 1 aromatic carbocycles. The van der Waals surface area contributed by atoms with Crippen LogP contribution in [-0.2, 0) is 0 Å². The first kappa shape index (κ1) is 12.7. The van der Waals surface area contributed by atoms with E-state index in [1.165, 1.54) is 18.2 Å². The summed E-state index contributed by atoms with van der Waals surface area (Å²) < 4.78 is 13.8. The van der Waals surface area contributed by atoms with Crippen LogP contribution in [0, 0.1) is 5.82 Å². The number of rotatable bonds is 1. The van der Waals surface area contributed by atoms with Crippen LogP contribution < -0.4 is 5.56 Å². The molecule has 0 fully saturated rings. The van der Waals surface area contributed by atoms with E-state index in [9.17, 15) is 9.18 Å². The Labute approximate surface area is 117 Å². The van der Waals surface area contributed by atoms with Crippen LogP contribution in [0.25, 0.3) is 11.3 Å². The molecule has 0 saturated carbocycles. The second kappa shape index (κ2) is 4.88. The van der Waals surface area contributed by atoms with Gasteiger partial charge in [0.15, 0.2) is 0 Å². The van der Waals surface area contributed by atoms with Crippen molar-refractivity contribution in [1.82, 2.24) is 10.2 Å². The average molecular weight is 382 g/mol. The Kier molecular flexibility index (Phi) is 3.65. The molecule has 2 rings (SSSR count). The van der Waals surface area contributed by atoms with Gasteiger partial charge in [-0.05, 0) is 50.1 Å². The van der Waals surface area contributed by atoms with Gasteiger partial charge in [0, 0.05) is 5.56 Å². The van der Waals surface area contributed by atoms with Crippen LogP contribution in [0.4, 0.5) is 4.39 Å². The molecule has 3 nitrogen and oxygen atoms in total. The lowest BCUT2D eigenvalue weighted by atomic mass is 10.1. The van der Waals surface area contributed by atoms with Crippen LogP contribution >= 0.6 is 43.5 Å². The molecule has 0 aliphatic rings. The van der Waals surface area contributed by atoms with Crippen LogP contribution in [-0.4, -0.2) is 10.2 Å². The van der Waals surface area contributed by atoms with Gasteiger partial charge in [-0.1, -0.05) is 11.6 Å². The Hall–Kier alpha value is -0.720. The van der Waals surface area contributed by atoms with E-state index in [4.69, 9.17) is 11.6 Å². The SMILES string of the molecule is O=c1[nH]nc(-c2ccc(F)c(Cl)c2)c(Br)c1Br. The first-order chi connectivity index (χ1) is 8.00. The Morgan fingerprint density at radius 1 is 1.29 bits per heavy atom. The molecule has 0 bridgehead atoms. The molecule has 0 radical (unpaired) electrons. The van der Waals surface area contributed by atoms with Crippen molar-refractivity contribution in [1.29, 1.82) is 0 Å². The molecule has 88 valence electrons. The molecule has 17 heavy (non-hydrogen) atoms. The number of aromatic amines is 1. The number of hydrogen-bond donors (Lipinski definition) is 1. The summed E-state index contributed by atoms with van der Waals surface area (Å²) in [5.74, 6) is -0.505. The predicted molar refractivity (Wildman–Crippen MR) is 70.7 cm³/mol. The number of H-pyrrole nitrogens is 1. The van der Waals surface area contributed by atoms with Gasteiger partial charge in [-0.15, -0.1) is 0 Å². The first-order valence-electron chi connectivity index (χ1n) is 4.40. The van der Waals surface area contributed by atoms with Crippen LogP contribution in [0.15, 0.2) is 31.9 Å². The second-order valence-electron chi connectivity index (χ2n) is 3.16. The Bertz CT molecular complexity index is 645. The van der Waals surface area contributed by atoms with Crippen LogP contribution in [0.5, 0.6) is 0 Å². The van der Waals surface area contributed by atoms with Crippen molar-refractivity contribution in [2.45, 2.75) is 0 Å². The van der Waals surface area contributed by atoms with E-state index in [-0.39, 0.29) is 10.6 Å². The molecule has 1 aromatic heterocycles. The van der Waals surface area contributed by atoms with E-state index in [0.29, 0.717) is 20.2 Å². The quantitative estimate of drug-likeness (QED) is 0.816. The van der Waals surface area contributed by atoms with Gasteiger partial charge < -0.3 is 0 Å². The van der Waals surface area contributed by atoms with Crippen molar-refractivity contribution in [2.75, 3.05) is 0 Å². The zero-order valence-corrected chi connectivity index (χ0v) is 12.0. The van der Waals surface area contributed by atoms with Gasteiger partial charge in [0.25, 0.3) is 5.56 Å². The number of benzene rings is 1. The smallest absolute Gasteiger partial charge is 0.267 e. The van der Waals surface area contributed by atoms with E-state index in [1.807, 2.05) is 0 Å². The highest BCUT2D eigenvalue weighted by Crippen LogP contribution is 2.31. The van der Waals surface area contributed by atoms with E-state index < -0.39 is 5.82 Å². The van der Waals surface area contributed by atoms with Crippen LogP contribution in [0.3, 0.4) is 0 Å². The Morgan fingerprint density at radius 2 is 2.00 bits per heavy atom. The molecule has 0 spiro atoms. The van der Waals surface area contributed by atoms with Gasteiger partial charge in [-0.2, -0.15) is 5.10 Å². The molecule has 0 aliphatic heterocycles. The summed E-state index contributed by atoms with van der Waals surface area (Å²) in [6, 6.07) is 4.21. The van der Waals surface area contributed by atoms with Crippen molar-refractivity contribution in [3.63, 3.8) is 0 Å². The summed E-state index contributed by atoms with van der Waals surface area (Å²) in [6.45, 7) is 0. The molecular weight excluding hydrogens is 378 g/mol. The normalized spacial score (nSPS) is 10.6. The zero-order valence-electron chi connectivity index (χ0n) is 8.10. The molecule has 0 aliphatic carbocycles. The summed E-state index contributed by atoms with van der Waals surface area (Å²) in [5, 5.41) is 6.21. The number of halogens is 4. The number of nitrogens with one attached hydrogen (secondary N) is 1. The maximum atomic E-state index is 13.0. The fourth-order valence-corrected chi connectivity index (χ4v) is 2.20. The first-order valence-corrected chi connectivity index (χ1v) is 6.36. The van der Waals surface area contributed by atoms with Crippen molar-refractivity contribution in [3.8, 4) is 11.3 Å². The molecule has 0 amide bonds. The van der Waals surface area contributed by atoms with Crippen molar-refractivity contribution < 1.29 is 4.39 Å². The Balaban J connectivity index is 2.65. The zero-order chi connectivity index (χ0) is 12.6. The van der Waals surface area contributed by atoms with Gasteiger partial charge in [-0.25, -0.2) is 9.49 Å². The molecule has 0 saturated heterocycles. The van der Waals surface area contributed by atoms with Crippen LogP contribution in [0.2, 0.25) is 5.02 Å². The molecule has 1 heterocycles. The number of nitrogens with zero attached hydrogens (tertiary/aromatic N) is 1. The third kappa shape index (κ3) is 2.43. The maximum Gasteiger partial charge on any atom is 0.279 e. The van der Waals surface area contributed by atoms with Gasteiger partial charge in [0.2, 0.25) is 0 Å². The summed E-state index contributed by atoms with van der Waals surface area (Å²) in [4.78, 5) is 11.3. The van der Waals surface area contributed by atoms with Gasteiger partial charge in [-0.3, -0.25) is 4.79 Å². The minimum atomic E-state index is -0.505. The summed E-state index contributed by atoms with van der Waals surface area (Å²) in [7, 11) is 0. The third-order valence-electron chi connectivity index (χ3n) is 2.06. The molecule has 1 N–H and O–H groups in total. The van der Waals surface area contributed by atoms with E-state index in [2.05, 4.69) is 42.1 Å². The maximum absolute atomic E-state index is 13.0. The number of aromatic nitrogens is 2. The van der Waals surface area contributed by atoms with Gasteiger partial charge in [0.1, 0.15) is 16.0 Å². The highest BCUT2D eigenvalue weighted by Gasteiger charge is 2.12. The van der Waals surface area contributed by atoms with Crippen molar-refractivity contribution in [3.05, 3.63) is 48.3 Å². The lowest BCUT2D eigenvalue weighted by Gasteiger charge is -2.05. The molecular formula is C10H4Br2ClFN2O. The number of hydrogen-bond acceptors (Lipinski definition) is 2. The lowest BCUT2D eigenvalue weighted by Crippen LogP contribution is -2.10. The van der Waals surface area contributed by atoms with Crippen molar-refractivity contribution in [2.24, 2.45) is 0 Å². The third-order valence-corrected chi connectivity index (χ3v) is 4.41. The van der Waals surface area contributed by atoms with Crippen LogP contribution in [0.1, 0.15) is 0 Å². The van der Waals surface area contributed by atoms with E-state index in [0.717, 1.165) is 0 Å². The molecule has 0 unspecified atom stereocenters. The lowest BCUT2D eigenvalue weighted by molar-refractivity contribution is 0.628. The van der Waals surface area contributed by atoms with Gasteiger partial charge >= 0.3 is 0 Å². The summed E-state index contributed by atoms with van der Waals surface area (Å²) in [5.41, 5.74) is 0.715. The topological polar surface area (TPSA) is 45.8 Å². The average Bonchev–Trinajstić information content (AvgIpc) is 2.30. The van der Waals surface area contributed by atoms with Gasteiger partial charge in [0.05, 0.1) is 9.50 Å². The highest BCUT2D eigenvalue weighted by molar-refractivity contribution is 9.13. The van der Waals surface area contributed by atoms with E-state index >= 15 is 0 Å². The standard InChI is InChI=1S/C10H4Br2ClFN2O/c11-7-8(12)10(17)16-15-9(7)4-1-2-6(14)5(13)3-4/h1-3H,(H,16,17).